The molecule has 0 saturated heterocycles. The Hall–Kier alpha value is -0.123. The highest BCUT2D eigenvalue weighted by Crippen LogP contribution is 2.55. The number of fused-ring (bicyclic) bond motifs is 1. The van der Waals surface area contributed by atoms with Gasteiger partial charge < -0.3 is 9.53 Å². The maximum Gasteiger partial charge on any atom is 0.192 e. The Morgan fingerprint density at radius 1 is 1.17 bits per heavy atom. The first-order valence-electron chi connectivity index (χ1n) is 9.78. The Morgan fingerprint density at radius 3 is 2.25 bits per heavy atom. The molecule has 140 valence electrons. The molecule has 3 atom stereocenters. The van der Waals surface area contributed by atoms with Crippen LogP contribution in [0.2, 0.25) is 18.1 Å². The van der Waals surface area contributed by atoms with Crippen molar-refractivity contribution in [2.45, 2.75) is 110 Å². The topological polar surface area (TPSA) is 29.5 Å². The first kappa shape index (κ1) is 20.2. The van der Waals surface area contributed by atoms with Crippen molar-refractivity contribution >= 4 is 8.32 Å². The summed E-state index contributed by atoms with van der Waals surface area (Å²) in [6, 6.07) is 0. The van der Waals surface area contributed by atoms with Crippen LogP contribution in [0.1, 0.15) is 80.6 Å². The van der Waals surface area contributed by atoms with Crippen molar-refractivity contribution in [2.75, 3.05) is 0 Å². The fourth-order valence-electron chi connectivity index (χ4n) is 4.37. The van der Waals surface area contributed by atoms with E-state index >= 15 is 0 Å². The summed E-state index contributed by atoms with van der Waals surface area (Å²) in [6.45, 7) is 20.4. The fraction of sp³-hybridized carbons (Fsp3) is 0.905. The van der Waals surface area contributed by atoms with Gasteiger partial charge in [-0.25, -0.2) is 0 Å². The Kier molecular flexibility index (Phi) is 5.25. The number of hydrogen-bond acceptors (Lipinski definition) is 2. The summed E-state index contributed by atoms with van der Waals surface area (Å²) >= 11 is 0. The molecule has 0 aromatic heterocycles. The largest absolute Gasteiger partial charge is 0.413 e. The lowest BCUT2D eigenvalue weighted by Crippen LogP contribution is -2.54. The zero-order chi connectivity index (χ0) is 18.6. The van der Waals surface area contributed by atoms with Crippen LogP contribution in [0.3, 0.4) is 0 Å². The predicted octanol–water partition coefficient (Wildman–Crippen LogP) is 6.06. The summed E-state index contributed by atoms with van der Waals surface area (Å²) in [5.41, 5.74) is 2.68. The number of aliphatic hydroxyl groups is 1. The molecule has 2 aliphatic carbocycles. The third kappa shape index (κ3) is 3.68. The normalized spacial score (nSPS) is 32.8. The van der Waals surface area contributed by atoms with Gasteiger partial charge in [0.2, 0.25) is 0 Å². The highest BCUT2D eigenvalue weighted by atomic mass is 28.4. The van der Waals surface area contributed by atoms with E-state index in [2.05, 4.69) is 47.7 Å². The Morgan fingerprint density at radius 2 is 1.75 bits per heavy atom. The summed E-state index contributed by atoms with van der Waals surface area (Å²) in [5.74, 6) is 0.295. The number of allylic oxidation sites excluding steroid dienone is 1. The van der Waals surface area contributed by atoms with Crippen LogP contribution in [0.15, 0.2) is 11.1 Å². The minimum absolute atomic E-state index is 0.166. The van der Waals surface area contributed by atoms with E-state index in [-0.39, 0.29) is 16.6 Å². The van der Waals surface area contributed by atoms with Crippen LogP contribution in [0, 0.1) is 11.3 Å². The fourth-order valence-corrected chi connectivity index (χ4v) is 5.79. The average Bonchev–Trinajstić information content (AvgIpc) is 2.37. The maximum absolute atomic E-state index is 10.7. The highest BCUT2D eigenvalue weighted by molar-refractivity contribution is 6.74. The summed E-state index contributed by atoms with van der Waals surface area (Å²) in [5, 5.41) is 10.9. The van der Waals surface area contributed by atoms with Gasteiger partial charge in [-0.2, -0.15) is 0 Å². The monoisotopic (exact) mass is 352 g/mol. The summed E-state index contributed by atoms with van der Waals surface area (Å²) in [7, 11) is -1.83. The molecule has 0 radical (unpaired) electrons. The molecule has 0 aliphatic heterocycles. The molecule has 1 saturated carbocycles. The molecule has 0 amide bonds. The van der Waals surface area contributed by atoms with Gasteiger partial charge >= 0.3 is 0 Å². The third-order valence-corrected chi connectivity index (χ3v) is 11.8. The van der Waals surface area contributed by atoms with Gasteiger partial charge in [0.25, 0.3) is 0 Å². The molecular formula is C21H40O2Si. The van der Waals surface area contributed by atoms with E-state index in [0.717, 1.165) is 12.8 Å². The number of rotatable bonds is 3. The molecular weight excluding hydrogens is 312 g/mol. The van der Waals surface area contributed by atoms with Crippen molar-refractivity contribution in [3.05, 3.63) is 11.1 Å². The van der Waals surface area contributed by atoms with Gasteiger partial charge in [0.15, 0.2) is 8.32 Å². The zero-order valence-electron chi connectivity index (χ0n) is 17.5. The summed E-state index contributed by atoms with van der Waals surface area (Å²) in [4.78, 5) is 0. The Bertz CT molecular complexity index is 507. The molecule has 1 fully saturated rings. The van der Waals surface area contributed by atoms with Crippen molar-refractivity contribution in [1.29, 1.82) is 0 Å². The quantitative estimate of drug-likeness (QED) is 0.494. The van der Waals surface area contributed by atoms with Crippen molar-refractivity contribution in [1.82, 2.24) is 0 Å². The second-order valence-electron chi connectivity index (χ2n) is 10.7. The molecule has 0 bridgehead atoms. The predicted molar refractivity (Wildman–Crippen MR) is 106 cm³/mol. The second kappa shape index (κ2) is 6.24. The molecule has 0 aromatic carbocycles. The lowest BCUT2D eigenvalue weighted by molar-refractivity contribution is -0.0530. The lowest BCUT2D eigenvalue weighted by atomic mass is 9.58. The molecule has 24 heavy (non-hydrogen) atoms. The van der Waals surface area contributed by atoms with Gasteiger partial charge in [0, 0.05) is 5.41 Å². The Labute approximate surface area is 151 Å². The number of hydrogen-bond donors (Lipinski definition) is 1. The van der Waals surface area contributed by atoms with Crippen molar-refractivity contribution in [2.24, 2.45) is 11.3 Å². The average molecular weight is 353 g/mol. The van der Waals surface area contributed by atoms with Gasteiger partial charge in [0.05, 0.1) is 11.7 Å². The molecule has 2 aliphatic rings. The molecule has 1 N–H and O–H groups in total. The minimum atomic E-state index is -1.83. The molecule has 2 rings (SSSR count). The molecule has 0 spiro atoms. The SMILES string of the molecule is CC1=C2C[C@H](C(C)(C)O)C[C@H](O[Si](C)(C)C(C)(C)C)[C@@]2(C)CCC1. The van der Waals surface area contributed by atoms with Gasteiger partial charge in [-0.1, -0.05) is 38.8 Å². The first-order chi connectivity index (χ1) is 10.7. The van der Waals surface area contributed by atoms with E-state index in [1.165, 1.54) is 19.3 Å². The van der Waals surface area contributed by atoms with E-state index in [1.54, 1.807) is 11.1 Å². The maximum atomic E-state index is 10.7. The van der Waals surface area contributed by atoms with Gasteiger partial charge in [-0.15, -0.1) is 0 Å². The van der Waals surface area contributed by atoms with E-state index < -0.39 is 13.9 Å². The van der Waals surface area contributed by atoms with Crippen molar-refractivity contribution in [3.63, 3.8) is 0 Å². The van der Waals surface area contributed by atoms with Crippen molar-refractivity contribution < 1.29 is 9.53 Å². The van der Waals surface area contributed by atoms with Crippen LogP contribution >= 0.6 is 0 Å². The molecule has 0 aromatic rings. The van der Waals surface area contributed by atoms with Crippen molar-refractivity contribution in [3.8, 4) is 0 Å². The standard InChI is InChI=1S/C21H40O2Si/c1-15-11-10-12-21(7)17(15)13-16(20(5,6)22)14-18(21)23-24(8,9)19(2,3)4/h16,18,22H,10-14H2,1-9H3/t16-,18-,21-/m0/s1. The van der Waals surface area contributed by atoms with Crippen LogP contribution in [-0.2, 0) is 4.43 Å². The zero-order valence-corrected chi connectivity index (χ0v) is 18.5. The second-order valence-corrected chi connectivity index (χ2v) is 15.4. The molecule has 0 unspecified atom stereocenters. The lowest BCUT2D eigenvalue weighted by Gasteiger charge is -2.54. The molecule has 2 nitrogen and oxygen atoms in total. The minimum Gasteiger partial charge on any atom is -0.413 e. The van der Waals surface area contributed by atoms with Crippen LogP contribution in [-0.4, -0.2) is 25.1 Å². The first-order valence-corrected chi connectivity index (χ1v) is 12.7. The molecule has 0 heterocycles. The van der Waals surface area contributed by atoms with Crippen LogP contribution in [0.5, 0.6) is 0 Å². The van der Waals surface area contributed by atoms with E-state index in [1.807, 2.05) is 13.8 Å². The van der Waals surface area contributed by atoms with Gasteiger partial charge in [0.1, 0.15) is 0 Å². The van der Waals surface area contributed by atoms with Gasteiger partial charge in [-0.3, -0.25) is 0 Å². The van der Waals surface area contributed by atoms with Crippen LogP contribution in [0.25, 0.3) is 0 Å². The highest BCUT2D eigenvalue weighted by Gasteiger charge is 2.51. The summed E-state index contributed by atoms with van der Waals surface area (Å²) < 4.78 is 6.98. The van der Waals surface area contributed by atoms with Crippen LogP contribution in [0.4, 0.5) is 0 Å². The molecule has 3 heteroatoms. The van der Waals surface area contributed by atoms with E-state index in [0.29, 0.717) is 5.92 Å². The Balaban J connectivity index is 2.41. The van der Waals surface area contributed by atoms with E-state index in [9.17, 15) is 5.11 Å². The van der Waals surface area contributed by atoms with Crippen LogP contribution < -0.4 is 0 Å². The third-order valence-electron chi connectivity index (χ3n) is 7.35. The van der Waals surface area contributed by atoms with Gasteiger partial charge in [-0.05, 0) is 76.9 Å². The summed E-state index contributed by atoms with van der Waals surface area (Å²) in [6.07, 6.45) is 6.00. The smallest absolute Gasteiger partial charge is 0.192 e. The van der Waals surface area contributed by atoms with E-state index in [4.69, 9.17) is 4.43 Å².